The van der Waals surface area contributed by atoms with Crippen molar-refractivity contribution >= 4 is 5.70 Å². The summed E-state index contributed by atoms with van der Waals surface area (Å²) in [5.41, 5.74) is 5.47. The molecule has 13 heteroatoms. The maximum absolute atomic E-state index is 14.6. The fraction of sp³-hybridized carbons (Fsp3) is 0.370. The number of hydrazine groups is 1. The summed E-state index contributed by atoms with van der Waals surface area (Å²) in [7, 11) is 0. The highest BCUT2D eigenvalue weighted by Gasteiger charge is 2.34. The van der Waals surface area contributed by atoms with E-state index in [-0.39, 0.29) is 28.9 Å². The maximum atomic E-state index is 14.6. The molecule has 1 aliphatic rings. The number of benzene rings is 1. The Labute approximate surface area is 225 Å². The highest BCUT2D eigenvalue weighted by Crippen LogP contribution is 2.41. The molecule has 1 saturated carbocycles. The van der Waals surface area contributed by atoms with Gasteiger partial charge in [0, 0.05) is 11.8 Å². The molecule has 2 heterocycles. The van der Waals surface area contributed by atoms with Crippen molar-refractivity contribution in [2.75, 3.05) is 0 Å². The van der Waals surface area contributed by atoms with Crippen LogP contribution in [0.1, 0.15) is 71.2 Å². The molecule has 0 aliphatic heterocycles. The number of pyridine rings is 1. The summed E-state index contributed by atoms with van der Waals surface area (Å²) in [5.74, 6) is 4.44. The Morgan fingerprint density at radius 3 is 2.40 bits per heavy atom. The zero-order valence-corrected chi connectivity index (χ0v) is 21.5. The Kier molecular flexibility index (Phi) is 8.52. The Morgan fingerprint density at radius 1 is 1.12 bits per heavy atom. The van der Waals surface area contributed by atoms with Gasteiger partial charge >= 0.3 is 6.18 Å². The molecule has 40 heavy (non-hydrogen) atoms. The molecule has 1 aromatic carbocycles. The topological polar surface area (TPSA) is 112 Å². The minimum absolute atomic E-state index is 0.0827. The Morgan fingerprint density at radius 2 is 1.80 bits per heavy atom. The molecule has 1 fully saturated rings. The first kappa shape index (κ1) is 29.1. The summed E-state index contributed by atoms with van der Waals surface area (Å²) in [6.07, 6.45) is -4.72. The molecular formula is C27H28F6N6O. The number of nitrogens with zero attached hydrogens (tertiary/aromatic N) is 3. The molecule has 0 bridgehead atoms. The molecule has 5 N–H and O–H groups in total. The van der Waals surface area contributed by atoms with Crippen LogP contribution in [-0.4, -0.2) is 21.2 Å². The normalized spacial score (nSPS) is 18.5. The van der Waals surface area contributed by atoms with Crippen molar-refractivity contribution in [2.45, 2.75) is 63.6 Å². The molecule has 214 valence electrons. The largest absolute Gasteiger partial charge is 0.418 e. The summed E-state index contributed by atoms with van der Waals surface area (Å²) in [5, 5.41) is 4.02. The van der Waals surface area contributed by atoms with Crippen LogP contribution in [0.4, 0.5) is 26.3 Å². The van der Waals surface area contributed by atoms with E-state index in [9.17, 15) is 31.1 Å². The van der Waals surface area contributed by atoms with Crippen LogP contribution in [0.15, 0.2) is 53.1 Å². The van der Waals surface area contributed by atoms with Crippen molar-refractivity contribution in [3.8, 4) is 0 Å². The SMILES string of the molecule is Cc1cccc(F)c1C1CCC(c2cc(/C(N)=C(/NN)C(F)F)nn(Cc3ncccc3C(F)(F)F)c2=O)CC1. The first-order chi connectivity index (χ1) is 18.9. The van der Waals surface area contributed by atoms with Crippen LogP contribution >= 0.6 is 0 Å². The second-order valence-corrected chi connectivity index (χ2v) is 9.73. The second-order valence-electron chi connectivity index (χ2n) is 9.73. The van der Waals surface area contributed by atoms with Gasteiger partial charge in [0.25, 0.3) is 12.0 Å². The predicted molar refractivity (Wildman–Crippen MR) is 136 cm³/mol. The van der Waals surface area contributed by atoms with Gasteiger partial charge in [-0.2, -0.15) is 18.3 Å². The number of rotatable bonds is 7. The molecule has 0 radical (unpaired) electrons. The Hall–Kier alpha value is -3.87. The standard InChI is InChI=1S/C27H28F6N6O/c1-14-4-2-6-19(28)22(14)16-9-7-15(8-10-16)17-12-20(23(34)24(37-35)25(29)30)38-39(26(17)40)13-21-18(27(31,32)33)5-3-11-36-21/h2-6,11-12,15-16,25,37H,7-10,13,34-35H2,1H3/b24-23-. The highest BCUT2D eigenvalue weighted by molar-refractivity contribution is 5.63. The van der Waals surface area contributed by atoms with E-state index in [0.29, 0.717) is 31.2 Å². The molecule has 2 aromatic heterocycles. The number of aryl methyl sites for hydroxylation is 1. The number of hydrogen-bond acceptors (Lipinski definition) is 6. The van der Waals surface area contributed by atoms with E-state index < -0.39 is 47.4 Å². The van der Waals surface area contributed by atoms with Gasteiger partial charge in [-0.1, -0.05) is 12.1 Å². The summed E-state index contributed by atoms with van der Waals surface area (Å²) >= 11 is 0. The van der Waals surface area contributed by atoms with E-state index in [1.165, 1.54) is 12.1 Å². The number of halogens is 6. The summed E-state index contributed by atoms with van der Waals surface area (Å²) in [6, 6.07) is 8.07. The minimum atomic E-state index is -4.75. The van der Waals surface area contributed by atoms with Crippen LogP contribution in [0.5, 0.6) is 0 Å². The minimum Gasteiger partial charge on any atom is -0.395 e. The van der Waals surface area contributed by atoms with Crippen molar-refractivity contribution in [1.29, 1.82) is 0 Å². The van der Waals surface area contributed by atoms with Gasteiger partial charge in [-0.25, -0.2) is 17.9 Å². The lowest BCUT2D eigenvalue weighted by Crippen LogP contribution is -2.33. The fourth-order valence-electron chi connectivity index (χ4n) is 5.31. The summed E-state index contributed by atoms with van der Waals surface area (Å²) in [4.78, 5) is 17.3. The van der Waals surface area contributed by atoms with Crippen LogP contribution in [0.3, 0.4) is 0 Å². The highest BCUT2D eigenvalue weighted by atomic mass is 19.4. The molecule has 0 amide bonds. The Balaban J connectivity index is 1.76. The quantitative estimate of drug-likeness (QED) is 0.212. The number of nitrogens with two attached hydrogens (primary N) is 2. The van der Waals surface area contributed by atoms with Crippen molar-refractivity contribution < 1.29 is 26.3 Å². The van der Waals surface area contributed by atoms with Crippen molar-refractivity contribution in [2.24, 2.45) is 11.6 Å². The van der Waals surface area contributed by atoms with E-state index in [1.54, 1.807) is 6.07 Å². The van der Waals surface area contributed by atoms with Gasteiger partial charge in [-0.15, -0.1) is 0 Å². The average molecular weight is 567 g/mol. The van der Waals surface area contributed by atoms with Crippen LogP contribution in [-0.2, 0) is 12.7 Å². The number of nitrogens with one attached hydrogen (secondary N) is 1. The van der Waals surface area contributed by atoms with Crippen LogP contribution < -0.4 is 22.6 Å². The molecule has 0 saturated heterocycles. The van der Waals surface area contributed by atoms with E-state index in [2.05, 4.69) is 10.1 Å². The third-order valence-electron chi connectivity index (χ3n) is 7.28. The first-order valence-electron chi connectivity index (χ1n) is 12.5. The van der Waals surface area contributed by atoms with E-state index in [0.717, 1.165) is 28.6 Å². The van der Waals surface area contributed by atoms with Gasteiger partial charge in [0.2, 0.25) is 0 Å². The molecule has 7 nitrogen and oxygen atoms in total. The Bertz CT molecular complexity index is 1440. The second kappa shape index (κ2) is 11.7. The van der Waals surface area contributed by atoms with Crippen molar-refractivity contribution in [3.05, 3.63) is 98.1 Å². The molecule has 1 aliphatic carbocycles. The number of alkyl halides is 5. The molecule has 0 spiro atoms. The van der Waals surface area contributed by atoms with Gasteiger partial charge in [0.1, 0.15) is 17.2 Å². The number of allylic oxidation sites excluding steroid dienone is 1. The van der Waals surface area contributed by atoms with E-state index >= 15 is 0 Å². The monoisotopic (exact) mass is 566 g/mol. The van der Waals surface area contributed by atoms with Crippen molar-refractivity contribution in [3.63, 3.8) is 0 Å². The van der Waals surface area contributed by atoms with E-state index in [1.807, 2.05) is 18.4 Å². The number of hydrogen-bond donors (Lipinski definition) is 3. The zero-order valence-electron chi connectivity index (χ0n) is 21.5. The first-order valence-corrected chi connectivity index (χ1v) is 12.5. The van der Waals surface area contributed by atoms with Crippen LogP contribution in [0.25, 0.3) is 5.70 Å². The van der Waals surface area contributed by atoms with Crippen molar-refractivity contribution in [1.82, 2.24) is 20.2 Å². The molecule has 3 aromatic rings. The fourth-order valence-corrected chi connectivity index (χ4v) is 5.31. The van der Waals surface area contributed by atoms with Crippen LogP contribution in [0, 0.1) is 12.7 Å². The maximum Gasteiger partial charge on any atom is 0.418 e. The molecule has 0 unspecified atom stereocenters. The smallest absolute Gasteiger partial charge is 0.395 e. The molecule has 4 rings (SSSR count). The van der Waals surface area contributed by atoms with Gasteiger partial charge in [0.05, 0.1) is 23.5 Å². The lowest BCUT2D eigenvalue weighted by Gasteiger charge is -2.30. The molecule has 0 atom stereocenters. The predicted octanol–water partition coefficient (Wildman–Crippen LogP) is 4.95. The van der Waals surface area contributed by atoms with Gasteiger partial charge in [-0.05, 0) is 79.8 Å². The number of aromatic nitrogens is 3. The average Bonchev–Trinajstić information content (AvgIpc) is 2.90. The third kappa shape index (κ3) is 5.98. The van der Waals surface area contributed by atoms with Crippen LogP contribution in [0.2, 0.25) is 0 Å². The third-order valence-corrected chi connectivity index (χ3v) is 7.28. The lowest BCUT2D eigenvalue weighted by atomic mass is 9.75. The molecular weight excluding hydrogens is 538 g/mol. The summed E-state index contributed by atoms with van der Waals surface area (Å²) in [6.45, 7) is 1.15. The van der Waals surface area contributed by atoms with Gasteiger partial charge in [0.15, 0.2) is 0 Å². The van der Waals surface area contributed by atoms with E-state index in [4.69, 9.17) is 11.6 Å². The summed E-state index contributed by atoms with van der Waals surface area (Å²) < 4.78 is 83.2. The van der Waals surface area contributed by atoms with Gasteiger partial charge in [-0.3, -0.25) is 15.6 Å². The van der Waals surface area contributed by atoms with Gasteiger partial charge < -0.3 is 11.2 Å². The zero-order chi connectivity index (χ0) is 29.2. The lowest BCUT2D eigenvalue weighted by molar-refractivity contribution is -0.138.